The third-order valence-corrected chi connectivity index (χ3v) is 3.98. The summed E-state index contributed by atoms with van der Waals surface area (Å²) in [5, 5.41) is 11.0. The summed E-state index contributed by atoms with van der Waals surface area (Å²) in [5.41, 5.74) is 6.69. The SMILES string of the molecule is Nc1cc(NCCC2CCCN2)nc2c(Br)cnn12. The topological polar surface area (TPSA) is 80.3 Å². The number of aromatic nitrogens is 3. The van der Waals surface area contributed by atoms with Crippen LogP contribution in [0.2, 0.25) is 0 Å². The molecule has 3 heterocycles. The molecule has 1 saturated heterocycles. The molecular weight excluding hydrogens is 308 g/mol. The normalized spacial score (nSPS) is 19.1. The number of halogens is 1. The highest BCUT2D eigenvalue weighted by Crippen LogP contribution is 2.20. The third kappa shape index (κ3) is 2.66. The summed E-state index contributed by atoms with van der Waals surface area (Å²) < 4.78 is 2.47. The Hall–Kier alpha value is -1.34. The van der Waals surface area contributed by atoms with E-state index in [9.17, 15) is 0 Å². The van der Waals surface area contributed by atoms with Crippen molar-refractivity contribution in [2.45, 2.75) is 25.3 Å². The second kappa shape index (κ2) is 5.34. The third-order valence-electron chi connectivity index (χ3n) is 3.42. The molecule has 1 aliphatic rings. The van der Waals surface area contributed by atoms with Gasteiger partial charge in [0.1, 0.15) is 11.6 Å². The largest absolute Gasteiger partial charge is 0.383 e. The Balaban J connectivity index is 1.68. The number of nitrogen functional groups attached to an aromatic ring is 1. The molecule has 0 bridgehead atoms. The van der Waals surface area contributed by atoms with Gasteiger partial charge in [-0.05, 0) is 41.7 Å². The molecule has 3 rings (SSSR count). The predicted molar refractivity (Wildman–Crippen MR) is 79.2 cm³/mol. The van der Waals surface area contributed by atoms with Gasteiger partial charge in [0.2, 0.25) is 0 Å². The second-order valence-electron chi connectivity index (χ2n) is 4.80. The highest BCUT2D eigenvalue weighted by atomic mass is 79.9. The Morgan fingerprint density at radius 1 is 1.58 bits per heavy atom. The van der Waals surface area contributed by atoms with Crippen molar-refractivity contribution in [3.05, 3.63) is 16.7 Å². The van der Waals surface area contributed by atoms with Crippen molar-refractivity contribution in [3.63, 3.8) is 0 Å². The number of hydrogen-bond acceptors (Lipinski definition) is 5. The first-order valence-corrected chi connectivity index (χ1v) is 7.30. The van der Waals surface area contributed by atoms with Gasteiger partial charge in [0, 0.05) is 18.7 Å². The van der Waals surface area contributed by atoms with E-state index in [0.29, 0.717) is 11.9 Å². The number of nitrogens with zero attached hydrogens (tertiary/aromatic N) is 3. The number of nitrogens with two attached hydrogens (primary N) is 1. The molecule has 0 aliphatic carbocycles. The summed E-state index contributed by atoms with van der Waals surface area (Å²) in [6.07, 6.45) is 5.35. The molecule has 2 aromatic rings. The van der Waals surface area contributed by atoms with Crippen LogP contribution in [0.1, 0.15) is 19.3 Å². The zero-order valence-corrected chi connectivity index (χ0v) is 12.2. The molecule has 1 unspecified atom stereocenters. The number of rotatable bonds is 4. The minimum absolute atomic E-state index is 0.581. The zero-order valence-electron chi connectivity index (χ0n) is 10.6. The van der Waals surface area contributed by atoms with Crippen molar-refractivity contribution < 1.29 is 0 Å². The Morgan fingerprint density at radius 3 is 3.26 bits per heavy atom. The van der Waals surface area contributed by atoms with Gasteiger partial charge in [-0.15, -0.1) is 0 Å². The van der Waals surface area contributed by atoms with E-state index in [1.807, 2.05) is 6.07 Å². The Bertz CT molecular complexity index is 575. The Morgan fingerprint density at radius 2 is 2.47 bits per heavy atom. The summed E-state index contributed by atoms with van der Waals surface area (Å²) in [6, 6.07) is 2.45. The van der Waals surface area contributed by atoms with Crippen molar-refractivity contribution in [1.29, 1.82) is 0 Å². The van der Waals surface area contributed by atoms with Crippen LogP contribution in [-0.4, -0.2) is 33.7 Å². The van der Waals surface area contributed by atoms with Crippen molar-refractivity contribution in [1.82, 2.24) is 19.9 Å². The lowest BCUT2D eigenvalue weighted by Gasteiger charge is -2.11. The van der Waals surface area contributed by atoms with Gasteiger partial charge in [-0.25, -0.2) is 4.98 Å². The maximum absolute atomic E-state index is 5.95. The van der Waals surface area contributed by atoms with E-state index in [1.54, 1.807) is 10.7 Å². The van der Waals surface area contributed by atoms with Crippen LogP contribution in [0.5, 0.6) is 0 Å². The van der Waals surface area contributed by atoms with E-state index in [2.05, 4.69) is 36.6 Å². The summed E-state index contributed by atoms with van der Waals surface area (Å²) in [6.45, 7) is 2.04. The average molecular weight is 325 g/mol. The lowest BCUT2D eigenvalue weighted by molar-refractivity contribution is 0.574. The van der Waals surface area contributed by atoms with Gasteiger partial charge in [-0.2, -0.15) is 9.61 Å². The van der Waals surface area contributed by atoms with Crippen molar-refractivity contribution in [2.24, 2.45) is 0 Å². The van der Waals surface area contributed by atoms with Crippen LogP contribution in [0.25, 0.3) is 5.65 Å². The Labute approximate surface area is 119 Å². The van der Waals surface area contributed by atoms with Gasteiger partial charge in [-0.1, -0.05) is 0 Å². The van der Waals surface area contributed by atoms with E-state index in [0.717, 1.165) is 35.4 Å². The molecule has 19 heavy (non-hydrogen) atoms. The molecule has 102 valence electrons. The van der Waals surface area contributed by atoms with Crippen LogP contribution in [0.4, 0.5) is 11.6 Å². The lowest BCUT2D eigenvalue weighted by Crippen LogP contribution is -2.24. The highest BCUT2D eigenvalue weighted by molar-refractivity contribution is 9.10. The predicted octanol–water partition coefficient (Wildman–Crippen LogP) is 1.63. The monoisotopic (exact) mass is 324 g/mol. The fourth-order valence-electron chi connectivity index (χ4n) is 2.43. The maximum Gasteiger partial charge on any atom is 0.173 e. The minimum atomic E-state index is 0.581. The van der Waals surface area contributed by atoms with Crippen LogP contribution in [0.15, 0.2) is 16.7 Å². The van der Waals surface area contributed by atoms with Gasteiger partial charge in [0.15, 0.2) is 5.65 Å². The molecule has 0 spiro atoms. The van der Waals surface area contributed by atoms with Gasteiger partial charge in [0.05, 0.1) is 10.7 Å². The van der Waals surface area contributed by atoms with E-state index in [-0.39, 0.29) is 0 Å². The van der Waals surface area contributed by atoms with Crippen molar-refractivity contribution >= 4 is 33.2 Å². The average Bonchev–Trinajstić information content (AvgIpc) is 3.01. The number of fused-ring (bicyclic) bond motifs is 1. The van der Waals surface area contributed by atoms with Crippen LogP contribution < -0.4 is 16.4 Å². The summed E-state index contributed by atoms with van der Waals surface area (Å²) >= 11 is 3.42. The zero-order chi connectivity index (χ0) is 13.2. The fourth-order valence-corrected chi connectivity index (χ4v) is 2.78. The first-order valence-electron chi connectivity index (χ1n) is 6.51. The molecule has 1 fully saturated rings. The standard InChI is InChI=1S/C12H17BrN6/c13-9-7-17-19-10(14)6-11(18-12(9)19)16-5-3-8-2-1-4-15-8/h6-8,15H,1-5,14H2,(H,16,18). The van der Waals surface area contributed by atoms with E-state index in [1.165, 1.54) is 12.8 Å². The molecule has 0 radical (unpaired) electrons. The van der Waals surface area contributed by atoms with Crippen LogP contribution >= 0.6 is 15.9 Å². The molecular formula is C12H17BrN6. The number of hydrogen-bond donors (Lipinski definition) is 3. The number of nitrogens with one attached hydrogen (secondary N) is 2. The maximum atomic E-state index is 5.95. The molecule has 2 aromatic heterocycles. The molecule has 7 heteroatoms. The van der Waals surface area contributed by atoms with E-state index >= 15 is 0 Å². The summed E-state index contributed by atoms with van der Waals surface area (Å²) in [5.74, 6) is 1.38. The van der Waals surface area contributed by atoms with Crippen LogP contribution in [0.3, 0.4) is 0 Å². The minimum Gasteiger partial charge on any atom is -0.383 e. The van der Waals surface area contributed by atoms with E-state index < -0.39 is 0 Å². The molecule has 0 amide bonds. The molecule has 1 atom stereocenters. The fraction of sp³-hybridized carbons (Fsp3) is 0.500. The van der Waals surface area contributed by atoms with Gasteiger partial charge >= 0.3 is 0 Å². The molecule has 4 N–H and O–H groups in total. The second-order valence-corrected chi connectivity index (χ2v) is 5.66. The smallest absolute Gasteiger partial charge is 0.173 e. The summed E-state index contributed by atoms with van der Waals surface area (Å²) in [7, 11) is 0. The first-order chi connectivity index (χ1) is 9.24. The van der Waals surface area contributed by atoms with Crippen molar-refractivity contribution in [3.8, 4) is 0 Å². The Kier molecular flexibility index (Phi) is 3.56. The van der Waals surface area contributed by atoms with Gasteiger partial charge < -0.3 is 16.4 Å². The highest BCUT2D eigenvalue weighted by Gasteiger charge is 2.13. The van der Waals surface area contributed by atoms with Crippen LogP contribution in [-0.2, 0) is 0 Å². The van der Waals surface area contributed by atoms with E-state index in [4.69, 9.17) is 5.73 Å². The molecule has 6 nitrogen and oxygen atoms in total. The quantitative estimate of drug-likeness (QED) is 0.796. The van der Waals surface area contributed by atoms with Gasteiger partial charge in [-0.3, -0.25) is 0 Å². The lowest BCUT2D eigenvalue weighted by atomic mass is 10.1. The first kappa shape index (κ1) is 12.7. The van der Waals surface area contributed by atoms with Gasteiger partial charge in [0.25, 0.3) is 0 Å². The summed E-state index contributed by atoms with van der Waals surface area (Å²) in [4.78, 5) is 4.50. The van der Waals surface area contributed by atoms with Crippen molar-refractivity contribution in [2.75, 3.05) is 24.1 Å². The molecule has 1 aliphatic heterocycles. The molecule has 0 aromatic carbocycles. The molecule has 0 saturated carbocycles. The number of anilines is 2. The van der Waals surface area contributed by atoms with Crippen LogP contribution in [0, 0.1) is 0 Å².